The SMILES string of the molecule is C1=CC2c3ccccc3N(c3ccc4c5c(cccc35)C3=C4Cc4ccccc43)C2C=C1.Clc1nc(-c2ccccc2)c2ccccc2n1.c1ccc(-c2nc(-n3c4c(c5ccccc53)-c3cccc5c(-n6c7ccccc7c7ccccc76)ccc-4c35)nc3ccccc23)cc1. The van der Waals surface area contributed by atoms with Crippen LogP contribution in [0.15, 0.2) is 315 Å². The molecule has 0 saturated carbocycles. The normalized spacial score (nSPS) is 14.9. The van der Waals surface area contributed by atoms with E-state index in [1.807, 2.05) is 60.7 Å². The van der Waals surface area contributed by atoms with Crippen molar-refractivity contribution in [2.45, 2.75) is 18.4 Å². The van der Waals surface area contributed by atoms with Gasteiger partial charge in [0.2, 0.25) is 11.2 Å². The molecule has 4 aliphatic carbocycles. The van der Waals surface area contributed by atoms with Crippen molar-refractivity contribution in [3.63, 3.8) is 0 Å². The summed E-state index contributed by atoms with van der Waals surface area (Å²) in [5, 5.41) is 11.4. The van der Waals surface area contributed by atoms with Crippen LogP contribution < -0.4 is 4.90 Å². The van der Waals surface area contributed by atoms with Gasteiger partial charge in [0.25, 0.3) is 0 Å². The Morgan fingerprint density at radius 3 is 1.61 bits per heavy atom. The second-order valence-corrected chi connectivity index (χ2v) is 25.9. The van der Waals surface area contributed by atoms with Crippen LogP contribution >= 0.6 is 11.6 Å². The average Bonchev–Trinajstić information content (AvgIpc) is 1.53. The van der Waals surface area contributed by atoms with Crippen molar-refractivity contribution in [1.29, 1.82) is 0 Å². The Balaban J connectivity index is 0.000000112. The molecule has 0 spiro atoms. The predicted molar refractivity (Wildman–Crippen MR) is 401 cm³/mol. The molecule has 4 aromatic heterocycles. The van der Waals surface area contributed by atoms with Crippen molar-refractivity contribution >= 4 is 110 Å². The Morgan fingerprint density at radius 1 is 0.351 bits per heavy atom. The van der Waals surface area contributed by atoms with Gasteiger partial charge >= 0.3 is 0 Å². The highest BCUT2D eigenvalue weighted by molar-refractivity contribution is 6.29. The molecule has 5 heterocycles. The molecular formula is C89H56ClN7. The summed E-state index contributed by atoms with van der Waals surface area (Å²) in [7, 11) is 0. The molecule has 0 bridgehead atoms. The third-order valence-corrected chi connectivity index (χ3v) is 20.7. The lowest BCUT2D eigenvalue weighted by Crippen LogP contribution is -2.28. The van der Waals surface area contributed by atoms with Crippen LogP contribution in [-0.2, 0) is 6.42 Å². The van der Waals surface area contributed by atoms with Crippen LogP contribution in [0.25, 0.3) is 144 Å². The number of para-hydroxylation sites is 6. The maximum absolute atomic E-state index is 5.95. The minimum Gasteiger partial charge on any atom is -0.333 e. The van der Waals surface area contributed by atoms with Crippen molar-refractivity contribution in [2.24, 2.45) is 0 Å². The van der Waals surface area contributed by atoms with Crippen LogP contribution in [0.4, 0.5) is 11.4 Å². The summed E-state index contributed by atoms with van der Waals surface area (Å²) in [5.41, 5.74) is 28.0. The molecular weight excluding hydrogens is 1200 g/mol. The first-order valence-corrected chi connectivity index (χ1v) is 33.6. The highest BCUT2D eigenvalue weighted by atomic mass is 35.5. The van der Waals surface area contributed by atoms with E-state index in [1.165, 1.54) is 121 Å². The maximum atomic E-state index is 5.95. The van der Waals surface area contributed by atoms with E-state index in [9.17, 15) is 0 Å². The third kappa shape index (κ3) is 8.42. The van der Waals surface area contributed by atoms with Crippen molar-refractivity contribution in [3.8, 4) is 56.5 Å². The molecule has 22 rings (SSSR count). The number of allylic oxidation sites excluding steroid dienone is 3. The van der Waals surface area contributed by atoms with E-state index in [0.717, 1.165) is 62.0 Å². The van der Waals surface area contributed by atoms with E-state index < -0.39 is 0 Å². The molecule has 0 amide bonds. The van der Waals surface area contributed by atoms with Crippen LogP contribution in [-0.4, -0.2) is 35.1 Å². The van der Waals surface area contributed by atoms with Gasteiger partial charge in [-0.1, -0.05) is 267 Å². The zero-order valence-electron chi connectivity index (χ0n) is 52.4. The monoisotopic (exact) mass is 1260 g/mol. The number of aromatic nitrogens is 6. The Bertz CT molecular complexity index is 6220. The van der Waals surface area contributed by atoms with Gasteiger partial charge < -0.3 is 9.47 Å². The van der Waals surface area contributed by atoms with Gasteiger partial charge in [-0.15, -0.1) is 0 Å². The fourth-order valence-electron chi connectivity index (χ4n) is 16.5. The molecule has 1 aliphatic heterocycles. The molecule has 454 valence electrons. The Labute approximate surface area is 564 Å². The van der Waals surface area contributed by atoms with Gasteiger partial charge in [0, 0.05) is 82.6 Å². The van der Waals surface area contributed by atoms with Gasteiger partial charge in [0.1, 0.15) is 0 Å². The van der Waals surface area contributed by atoms with Crippen molar-refractivity contribution in [3.05, 3.63) is 349 Å². The first kappa shape index (κ1) is 55.2. The van der Waals surface area contributed by atoms with Gasteiger partial charge in [-0.3, -0.25) is 4.57 Å². The summed E-state index contributed by atoms with van der Waals surface area (Å²) in [6, 6.07) is 104. The topological polar surface area (TPSA) is 64.7 Å². The van der Waals surface area contributed by atoms with Crippen molar-refractivity contribution < 1.29 is 0 Å². The molecule has 17 aromatic rings. The third-order valence-electron chi connectivity index (χ3n) is 20.5. The molecule has 8 heteroatoms. The van der Waals surface area contributed by atoms with Crippen LogP contribution in [0.1, 0.15) is 33.7 Å². The molecule has 97 heavy (non-hydrogen) atoms. The van der Waals surface area contributed by atoms with Crippen molar-refractivity contribution in [2.75, 3.05) is 4.90 Å². The Hall–Kier alpha value is -12.3. The summed E-state index contributed by atoms with van der Waals surface area (Å²) in [6.45, 7) is 0. The molecule has 0 saturated heterocycles. The lowest BCUT2D eigenvalue weighted by molar-refractivity contribution is 0.746. The smallest absolute Gasteiger partial charge is 0.235 e. The predicted octanol–water partition coefficient (Wildman–Crippen LogP) is 22.5. The van der Waals surface area contributed by atoms with E-state index in [4.69, 9.17) is 21.6 Å². The van der Waals surface area contributed by atoms with E-state index in [2.05, 4.69) is 279 Å². The summed E-state index contributed by atoms with van der Waals surface area (Å²) in [6.07, 6.45) is 10.2. The molecule has 5 aliphatic rings. The molecule has 0 fully saturated rings. The fourth-order valence-corrected chi connectivity index (χ4v) is 16.7. The molecule has 0 radical (unpaired) electrons. The van der Waals surface area contributed by atoms with Crippen LogP contribution in [0, 0.1) is 0 Å². The largest absolute Gasteiger partial charge is 0.333 e. The number of hydrogen-bond acceptors (Lipinski definition) is 5. The van der Waals surface area contributed by atoms with E-state index in [0.29, 0.717) is 17.9 Å². The van der Waals surface area contributed by atoms with E-state index >= 15 is 0 Å². The summed E-state index contributed by atoms with van der Waals surface area (Å²) in [5.74, 6) is 1.09. The number of halogens is 1. The standard InChI is InChI=1S/C44H26N4.C31H21N.C14H9ClN2/c1-2-13-27(14-3-1)42-30-17-4-8-21-35(30)45-44(46-42)48-38-24-11-7-18-32(38)41-33-20-12-19-31-39(26-25-34(40(31)33)43(41)48)47-36-22-9-5-15-28(36)29-16-6-10-23-37(29)47;1-2-9-20-19(8-1)18-26-23-16-17-29(24-12-7-13-25(30(20)26)31(23)24)32-27-14-5-3-10-21(27)22-11-4-6-15-28(22)32;15-14-16-12-9-5-4-8-11(12)13(17-14)10-6-2-1-3-7-10/h1-26H;1-17,21,27H,18H2;1-9H. The van der Waals surface area contributed by atoms with Gasteiger partial charge in [-0.05, 0) is 116 Å². The zero-order valence-corrected chi connectivity index (χ0v) is 53.1. The minimum absolute atomic E-state index is 0.280. The quantitative estimate of drug-likeness (QED) is 0.161. The summed E-state index contributed by atoms with van der Waals surface area (Å²) < 4.78 is 4.72. The number of fused-ring (bicyclic) bond motifs is 17. The summed E-state index contributed by atoms with van der Waals surface area (Å²) >= 11 is 5.95. The van der Waals surface area contributed by atoms with E-state index in [1.54, 1.807) is 0 Å². The van der Waals surface area contributed by atoms with Gasteiger partial charge in [0.15, 0.2) is 0 Å². The van der Waals surface area contributed by atoms with Crippen LogP contribution in [0.3, 0.4) is 0 Å². The number of anilines is 2. The summed E-state index contributed by atoms with van der Waals surface area (Å²) in [4.78, 5) is 21.7. The molecule has 7 nitrogen and oxygen atoms in total. The lowest BCUT2D eigenvalue weighted by atomic mass is 9.91. The van der Waals surface area contributed by atoms with Gasteiger partial charge in [-0.25, -0.2) is 19.9 Å². The van der Waals surface area contributed by atoms with Crippen LogP contribution in [0.5, 0.6) is 0 Å². The molecule has 13 aromatic carbocycles. The first-order valence-electron chi connectivity index (χ1n) is 33.2. The molecule has 2 unspecified atom stereocenters. The number of hydrogen-bond donors (Lipinski definition) is 0. The Kier molecular flexibility index (Phi) is 12.5. The highest BCUT2D eigenvalue weighted by Gasteiger charge is 2.40. The van der Waals surface area contributed by atoms with Crippen LogP contribution in [0.2, 0.25) is 5.28 Å². The molecule has 0 N–H and O–H groups in total. The lowest BCUT2D eigenvalue weighted by Gasteiger charge is -2.30. The number of benzene rings is 13. The minimum atomic E-state index is 0.280. The number of rotatable bonds is 5. The maximum Gasteiger partial charge on any atom is 0.235 e. The van der Waals surface area contributed by atoms with Crippen molar-refractivity contribution in [1.82, 2.24) is 29.1 Å². The fraction of sp³-hybridized carbons (Fsp3) is 0.0337. The van der Waals surface area contributed by atoms with Gasteiger partial charge in [0.05, 0.1) is 56.4 Å². The second kappa shape index (κ2) is 21.9. The van der Waals surface area contributed by atoms with E-state index in [-0.39, 0.29) is 5.28 Å². The Morgan fingerprint density at radius 2 is 0.876 bits per heavy atom. The average molecular weight is 1260 g/mol. The second-order valence-electron chi connectivity index (χ2n) is 25.5. The zero-order chi connectivity index (χ0) is 63.8. The number of nitrogens with zero attached hydrogens (tertiary/aromatic N) is 7. The molecule has 2 atom stereocenters. The first-order chi connectivity index (χ1) is 48.1. The highest BCUT2D eigenvalue weighted by Crippen LogP contribution is 2.57. The van der Waals surface area contributed by atoms with Gasteiger partial charge in [-0.2, -0.15) is 0 Å².